The molecule has 3 aromatic rings. The van der Waals surface area contributed by atoms with Gasteiger partial charge in [0.15, 0.2) is 6.61 Å². The fraction of sp³-hybridized carbons (Fsp3) is 0.0625. The molecule has 2 N–H and O–H groups in total. The molecule has 0 amide bonds. The summed E-state index contributed by atoms with van der Waals surface area (Å²) in [5, 5.41) is 8.26. The number of halogens is 2. The molecule has 0 aliphatic rings. The zero-order valence-electron chi connectivity index (χ0n) is 12.2. The quantitative estimate of drug-likeness (QED) is 0.574. The van der Waals surface area contributed by atoms with E-state index < -0.39 is 11.8 Å². The molecular formula is C16H11ClFN3O3. The van der Waals surface area contributed by atoms with Crippen LogP contribution in [0.25, 0.3) is 11.5 Å². The van der Waals surface area contributed by atoms with Crippen LogP contribution in [0.4, 0.5) is 10.1 Å². The molecule has 24 heavy (non-hydrogen) atoms. The summed E-state index contributed by atoms with van der Waals surface area (Å²) in [5.74, 6) is -0.847. The minimum Gasteiger partial charge on any atom is -0.452 e. The third-order valence-electron chi connectivity index (χ3n) is 3.12. The Kier molecular flexibility index (Phi) is 4.43. The second-order valence-electron chi connectivity index (χ2n) is 4.82. The monoisotopic (exact) mass is 347 g/mol. The number of carbonyl (C=O) groups is 1. The Morgan fingerprint density at radius 1 is 1.21 bits per heavy atom. The minimum absolute atomic E-state index is 0.00705. The second kappa shape index (κ2) is 6.67. The standard InChI is InChI=1S/C16H11ClFN3O3/c17-10-3-1-9(2-4-10)15-21-20-14(24-15)8-23-16(22)12-6-5-11(18)7-13(12)19/h1-7H,8,19H2. The normalized spacial score (nSPS) is 10.6. The Labute approximate surface area is 141 Å². The zero-order chi connectivity index (χ0) is 17.1. The van der Waals surface area contributed by atoms with Crippen molar-refractivity contribution in [3.63, 3.8) is 0 Å². The number of nitrogen functional groups attached to an aromatic ring is 1. The summed E-state index contributed by atoms with van der Waals surface area (Å²) in [6.07, 6.45) is 0. The fourth-order valence-corrected chi connectivity index (χ4v) is 2.07. The highest BCUT2D eigenvalue weighted by atomic mass is 35.5. The van der Waals surface area contributed by atoms with Gasteiger partial charge in [0.25, 0.3) is 5.89 Å². The summed E-state index contributed by atoms with van der Waals surface area (Å²) >= 11 is 5.81. The first-order valence-corrected chi connectivity index (χ1v) is 7.21. The topological polar surface area (TPSA) is 91.2 Å². The molecule has 8 heteroatoms. The van der Waals surface area contributed by atoms with Crippen molar-refractivity contribution in [3.05, 3.63) is 64.8 Å². The van der Waals surface area contributed by atoms with Crippen LogP contribution in [0.5, 0.6) is 0 Å². The first kappa shape index (κ1) is 15.9. The van der Waals surface area contributed by atoms with Crippen molar-refractivity contribution in [2.24, 2.45) is 0 Å². The molecule has 1 heterocycles. The summed E-state index contributed by atoms with van der Waals surface area (Å²) in [7, 11) is 0. The van der Waals surface area contributed by atoms with Crippen LogP contribution in [-0.4, -0.2) is 16.2 Å². The summed E-state index contributed by atoms with van der Waals surface area (Å²) < 4.78 is 23.4. The molecular weight excluding hydrogens is 337 g/mol. The summed E-state index contributed by atoms with van der Waals surface area (Å²) in [6, 6.07) is 10.3. The molecule has 0 atom stereocenters. The number of aromatic nitrogens is 2. The number of hydrogen-bond donors (Lipinski definition) is 1. The molecule has 0 bridgehead atoms. The maximum absolute atomic E-state index is 13.0. The maximum atomic E-state index is 13.0. The van der Waals surface area contributed by atoms with Gasteiger partial charge in [-0.25, -0.2) is 9.18 Å². The number of anilines is 1. The lowest BCUT2D eigenvalue weighted by Gasteiger charge is -2.05. The van der Waals surface area contributed by atoms with Crippen molar-refractivity contribution < 1.29 is 18.3 Å². The van der Waals surface area contributed by atoms with Crippen molar-refractivity contribution in [1.82, 2.24) is 10.2 Å². The van der Waals surface area contributed by atoms with E-state index in [0.29, 0.717) is 10.6 Å². The molecule has 0 unspecified atom stereocenters. The first-order valence-electron chi connectivity index (χ1n) is 6.83. The second-order valence-corrected chi connectivity index (χ2v) is 5.25. The van der Waals surface area contributed by atoms with E-state index >= 15 is 0 Å². The zero-order valence-corrected chi connectivity index (χ0v) is 13.0. The highest BCUT2D eigenvalue weighted by Crippen LogP contribution is 2.21. The lowest BCUT2D eigenvalue weighted by Crippen LogP contribution is -2.08. The van der Waals surface area contributed by atoms with Crippen molar-refractivity contribution >= 4 is 23.3 Å². The van der Waals surface area contributed by atoms with Crippen LogP contribution in [0.3, 0.4) is 0 Å². The van der Waals surface area contributed by atoms with Gasteiger partial charge >= 0.3 is 5.97 Å². The number of benzene rings is 2. The van der Waals surface area contributed by atoms with Crippen molar-refractivity contribution in [2.75, 3.05) is 5.73 Å². The molecule has 0 fully saturated rings. The highest BCUT2D eigenvalue weighted by molar-refractivity contribution is 6.30. The van der Waals surface area contributed by atoms with Gasteiger partial charge in [-0.15, -0.1) is 10.2 Å². The number of ether oxygens (including phenoxy) is 1. The Balaban J connectivity index is 1.67. The maximum Gasteiger partial charge on any atom is 0.340 e. The fourth-order valence-electron chi connectivity index (χ4n) is 1.95. The molecule has 122 valence electrons. The molecule has 0 saturated carbocycles. The predicted molar refractivity (Wildman–Crippen MR) is 84.7 cm³/mol. The molecule has 0 saturated heterocycles. The van der Waals surface area contributed by atoms with Crippen LogP contribution in [0.2, 0.25) is 5.02 Å². The van der Waals surface area contributed by atoms with E-state index in [0.717, 1.165) is 12.1 Å². The number of rotatable bonds is 4. The van der Waals surface area contributed by atoms with Gasteiger partial charge in [-0.1, -0.05) is 11.6 Å². The van der Waals surface area contributed by atoms with Crippen LogP contribution in [0.1, 0.15) is 16.2 Å². The third kappa shape index (κ3) is 3.52. The van der Waals surface area contributed by atoms with E-state index in [-0.39, 0.29) is 29.6 Å². The summed E-state index contributed by atoms with van der Waals surface area (Å²) in [4.78, 5) is 11.9. The predicted octanol–water partition coefficient (Wildman–Crippen LogP) is 3.47. The summed E-state index contributed by atoms with van der Waals surface area (Å²) in [5.41, 5.74) is 6.32. The van der Waals surface area contributed by atoms with Crippen molar-refractivity contribution in [3.8, 4) is 11.5 Å². The molecule has 0 radical (unpaired) electrons. The molecule has 0 aliphatic carbocycles. The van der Waals surface area contributed by atoms with Gasteiger partial charge in [0.05, 0.1) is 5.56 Å². The minimum atomic E-state index is -0.709. The van der Waals surface area contributed by atoms with Gasteiger partial charge in [0.1, 0.15) is 5.82 Å². The molecule has 0 spiro atoms. The smallest absolute Gasteiger partial charge is 0.340 e. The third-order valence-corrected chi connectivity index (χ3v) is 3.37. The summed E-state index contributed by atoms with van der Waals surface area (Å²) in [6.45, 7) is -0.226. The Bertz CT molecular complexity index is 881. The lowest BCUT2D eigenvalue weighted by molar-refractivity contribution is 0.0440. The number of esters is 1. The SMILES string of the molecule is Nc1cc(F)ccc1C(=O)OCc1nnc(-c2ccc(Cl)cc2)o1. The molecule has 0 aliphatic heterocycles. The average molecular weight is 348 g/mol. The molecule has 1 aromatic heterocycles. The van der Waals surface area contributed by atoms with Gasteiger partial charge in [0.2, 0.25) is 5.89 Å². The molecule has 6 nitrogen and oxygen atoms in total. The van der Waals surface area contributed by atoms with E-state index in [9.17, 15) is 9.18 Å². The van der Waals surface area contributed by atoms with Gasteiger partial charge in [0, 0.05) is 16.3 Å². The number of carbonyl (C=O) groups excluding carboxylic acids is 1. The Morgan fingerprint density at radius 2 is 1.96 bits per heavy atom. The lowest BCUT2D eigenvalue weighted by atomic mass is 10.2. The van der Waals surface area contributed by atoms with Crippen LogP contribution in [0.15, 0.2) is 46.9 Å². The first-order chi connectivity index (χ1) is 11.5. The van der Waals surface area contributed by atoms with Crippen molar-refractivity contribution in [1.29, 1.82) is 0 Å². The van der Waals surface area contributed by atoms with E-state index in [2.05, 4.69) is 10.2 Å². The van der Waals surface area contributed by atoms with E-state index in [4.69, 9.17) is 26.5 Å². The Morgan fingerprint density at radius 3 is 2.67 bits per heavy atom. The van der Waals surface area contributed by atoms with Gasteiger partial charge in [-0.2, -0.15) is 0 Å². The highest BCUT2D eigenvalue weighted by Gasteiger charge is 2.15. The van der Waals surface area contributed by atoms with Crippen LogP contribution in [-0.2, 0) is 11.3 Å². The van der Waals surface area contributed by atoms with Gasteiger partial charge in [-0.3, -0.25) is 0 Å². The Hall–Kier alpha value is -2.93. The van der Waals surface area contributed by atoms with Crippen molar-refractivity contribution in [2.45, 2.75) is 6.61 Å². The van der Waals surface area contributed by atoms with Crippen LogP contribution in [0, 0.1) is 5.82 Å². The van der Waals surface area contributed by atoms with E-state index in [1.165, 1.54) is 6.07 Å². The molecule has 2 aromatic carbocycles. The van der Waals surface area contributed by atoms with E-state index in [1.54, 1.807) is 24.3 Å². The number of nitrogens with two attached hydrogens (primary N) is 1. The van der Waals surface area contributed by atoms with Crippen LogP contribution >= 0.6 is 11.6 Å². The van der Waals surface area contributed by atoms with Gasteiger partial charge in [-0.05, 0) is 42.5 Å². The number of hydrogen-bond acceptors (Lipinski definition) is 6. The number of nitrogens with zero attached hydrogens (tertiary/aromatic N) is 2. The average Bonchev–Trinajstić information content (AvgIpc) is 3.02. The molecule has 3 rings (SSSR count). The van der Waals surface area contributed by atoms with Crippen LogP contribution < -0.4 is 5.73 Å². The largest absolute Gasteiger partial charge is 0.452 e. The van der Waals surface area contributed by atoms with E-state index in [1.807, 2.05) is 0 Å². The van der Waals surface area contributed by atoms with Gasteiger partial charge < -0.3 is 14.9 Å².